The maximum atomic E-state index is 10.7. The third kappa shape index (κ3) is 8.57. The zero-order valence-electron chi connectivity index (χ0n) is 23.5. The van der Waals surface area contributed by atoms with E-state index >= 15 is 0 Å². The number of hydrogen-bond acceptors (Lipinski definition) is 4. The molecule has 0 saturated carbocycles. The summed E-state index contributed by atoms with van der Waals surface area (Å²) in [6.45, 7) is 6.72. The Hall–Kier alpha value is -2.86. The number of likely N-dealkylation sites (tertiary alicyclic amines) is 1. The molecule has 1 atom stereocenters. The number of ether oxygens (including phenoxy) is 2. The highest BCUT2D eigenvalue weighted by Gasteiger charge is 2.40. The number of aryl methyl sites for hydroxylation is 2. The van der Waals surface area contributed by atoms with Crippen LogP contribution in [0.3, 0.4) is 0 Å². The molecule has 2 fully saturated rings. The van der Waals surface area contributed by atoms with E-state index in [0.29, 0.717) is 13.0 Å². The Bertz CT molecular complexity index is 1200. The molecule has 0 radical (unpaired) electrons. The highest BCUT2D eigenvalue weighted by atomic mass is 35.5. The quantitative estimate of drug-likeness (QED) is 0.287. The van der Waals surface area contributed by atoms with E-state index in [-0.39, 0.29) is 24.4 Å². The van der Waals surface area contributed by atoms with Crippen LogP contribution in [-0.2, 0) is 35.5 Å². The maximum absolute atomic E-state index is 10.7. The summed E-state index contributed by atoms with van der Waals surface area (Å²) in [5.41, 5.74) is 6.34. The predicted molar refractivity (Wildman–Crippen MR) is 161 cm³/mol. The molecular weight excluding hydrogens is 522 g/mol. The van der Waals surface area contributed by atoms with Crippen molar-refractivity contribution >= 4 is 18.4 Å². The summed E-state index contributed by atoms with van der Waals surface area (Å²) in [5.74, 6) is 0.744. The number of aliphatic carboxylic acids is 1. The van der Waals surface area contributed by atoms with Crippen molar-refractivity contribution in [1.82, 2.24) is 4.90 Å². The molecule has 0 aliphatic carbocycles. The van der Waals surface area contributed by atoms with Crippen LogP contribution in [0.15, 0.2) is 72.8 Å². The van der Waals surface area contributed by atoms with E-state index in [1.807, 2.05) is 24.3 Å². The van der Waals surface area contributed by atoms with E-state index < -0.39 is 5.97 Å². The molecule has 1 N–H and O–H groups in total. The average Bonchev–Trinajstić information content (AvgIpc) is 2.95. The summed E-state index contributed by atoms with van der Waals surface area (Å²) in [6, 6.07) is 25.5. The monoisotopic (exact) mass is 563 g/mol. The van der Waals surface area contributed by atoms with Crippen LogP contribution in [-0.4, -0.2) is 41.3 Å². The van der Waals surface area contributed by atoms with Crippen LogP contribution in [0.2, 0.25) is 0 Å². The van der Waals surface area contributed by atoms with Gasteiger partial charge in [-0.05, 0) is 85.8 Å². The number of halogens is 1. The molecule has 5 nitrogen and oxygen atoms in total. The zero-order chi connectivity index (χ0) is 27.1. The van der Waals surface area contributed by atoms with Crippen molar-refractivity contribution in [3.05, 3.63) is 101 Å². The molecule has 5 rings (SSSR count). The minimum Gasteiger partial charge on any atom is -0.489 e. The van der Waals surface area contributed by atoms with E-state index in [2.05, 4.69) is 60.4 Å². The normalized spacial score (nSPS) is 18.7. The number of carbonyl (C=O) groups is 1. The molecule has 0 bridgehead atoms. The van der Waals surface area contributed by atoms with Crippen molar-refractivity contribution in [3.8, 4) is 5.75 Å². The summed E-state index contributed by atoms with van der Waals surface area (Å²) in [5, 5.41) is 8.83. The lowest BCUT2D eigenvalue weighted by atomic mass is 9.77. The molecule has 2 saturated heterocycles. The minimum atomic E-state index is -0.774. The number of carboxylic acids is 1. The van der Waals surface area contributed by atoms with E-state index in [1.165, 1.54) is 36.0 Å². The van der Waals surface area contributed by atoms with Crippen LogP contribution in [0.4, 0.5) is 0 Å². The molecule has 214 valence electrons. The predicted octanol–water partition coefficient (Wildman–Crippen LogP) is 7.02. The largest absolute Gasteiger partial charge is 0.489 e. The van der Waals surface area contributed by atoms with Crippen molar-refractivity contribution in [1.29, 1.82) is 0 Å². The van der Waals surface area contributed by atoms with Gasteiger partial charge in [-0.3, -0.25) is 9.69 Å². The van der Waals surface area contributed by atoms with Gasteiger partial charge in [0.1, 0.15) is 12.4 Å². The van der Waals surface area contributed by atoms with E-state index in [4.69, 9.17) is 14.6 Å². The molecule has 2 aliphatic rings. The molecule has 0 amide bonds. The molecule has 3 aromatic rings. The maximum Gasteiger partial charge on any atom is 0.303 e. The van der Waals surface area contributed by atoms with E-state index in [9.17, 15) is 4.79 Å². The fourth-order valence-corrected chi connectivity index (χ4v) is 6.00. The molecule has 6 heteroatoms. The first-order chi connectivity index (χ1) is 18.9. The Kier molecular flexibility index (Phi) is 10.7. The number of benzene rings is 3. The molecule has 1 unspecified atom stereocenters. The van der Waals surface area contributed by atoms with Crippen LogP contribution < -0.4 is 4.74 Å². The molecule has 2 aliphatic heterocycles. The smallest absolute Gasteiger partial charge is 0.303 e. The lowest BCUT2D eigenvalue weighted by Gasteiger charge is -2.46. The molecular formula is C34H42ClNO4. The van der Waals surface area contributed by atoms with E-state index in [1.54, 1.807) is 0 Å². The van der Waals surface area contributed by atoms with Crippen LogP contribution in [0.25, 0.3) is 0 Å². The number of rotatable bonds is 10. The second-order valence-electron chi connectivity index (χ2n) is 11.5. The summed E-state index contributed by atoms with van der Waals surface area (Å²) in [4.78, 5) is 13.3. The summed E-state index contributed by atoms with van der Waals surface area (Å²) in [7, 11) is 0. The molecule has 0 aromatic heterocycles. The van der Waals surface area contributed by atoms with Gasteiger partial charge < -0.3 is 14.6 Å². The first kappa shape index (κ1) is 30.1. The van der Waals surface area contributed by atoms with E-state index in [0.717, 1.165) is 61.9 Å². The molecule has 1 spiro atoms. The highest BCUT2D eigenvalue weighted by Crippen LogP contribution is 2.39. The Balaban J connectivity index is 0.00000370. The number of piperidine rings is 1. The summed E-state index contributed by atoms with van der Waals surface area (Å²) in [6.07, 6.45) is 6.46. The van der Waals surface area contributed by atoms with Crippen molar-refractivity contribution in [2.24, 2.45) is 5.92 Å². The lowest BCUT2D eigenvalue weighted by molar-refractivity contribution is -0.136. The van der Waals surface area contributed by atoms with Crippen molar-refractivity contribution in [2.75, 3.05) is 19.7 Å². The Morgan fingerprint density at radius 3 is 2.23 bits per heavy atom. The second-order valence-corrected chi connectivity index (χ2v) is 11.5. The first-order valence-electron chi connectivity index (χ1n) is 14.4. The van der Waals surface area contributed by atoms with Gasteiger partial charge in [0.15, 0.2) is 0 Å². The molecule has 2 heterocycles. The SMILES string of the molecule is Cc1ccc(CC2CCOC3(CCN(Cc4ccc(COc5ccc(CCC(=O)O)cc5)cc4)CC3)C2)cc1.Cl. The number of carboxylic acid groups (broad SMARTS) is 1. The van der Waals surface area contributed by atoms with Gasteiger partial charge in [-0.25, -0.2) is 0 Å². The number of nitrogens with zero attached hydrogens (tertiary/aromatic N) is 1. The topological polar surface area (TPSA) is 59.0 Å². The van der Waals surface area contributed by atoms with Gasteiger partial charge >= 0.3 is 5.97 Å². The van der Waals surface area contributed by atoms with Gasteiger partial charge in [0.05, 0.1) is 5.60 Å². The third-order valence-corrected chi connectivity index (χ3v) is 8.39. The first-order valence-corrected chi connectivity index (χ1v) is 14.4. The zero-order valence-corrected chi connectivity index (χ0v) is 24.3. The Labute approximate surface area is 244 Å². The minimum absolute atomic E-state index is 0. The fourth-order valence-electron chi connectivity index (χ4n) is 6.00. The molecule has 3 aromatic carbocycles. The van der Waals surface area contributed by atoms with Crippen molar-refractivity contribution < 1.29 is 19.4 Å². The standard InChI is InChI=1S/C34H41NO4.ClH/c1-26-2-4-28(5-3-26)22-31-16-21-39-34(23-31)17-19-35(20-18-34)24-29-6-8-30(9-7-29)25-38-32-13-10-27(11-14-32)12-15-33(36)37;/h2-11,13-14,31H,12,15-25H2,1H3,(H,36,37);1H. The second kappa shape index (κ2) is 14.2. The van der Waals surface area contributed by atoms with Crippen molar-refractivity contribution in [2.45, 2.75) is 70.6 Å². The fraction of sp³-hybridized carbons (Fsp3) is 0.441. The van der Waals surface area contributed by atoms with Gasteiger partial charge in [0.25, 0.3) is 0 Å². The van der Waals surface area contributed by atoms with Gasteiger partial charge in [0, 0.05) is 32.7 Å². The van der Waals surface area contributed by atoms with Gasteiger partial charge in [-0.2, -0.15) is 0 Å². The van der Waals surface area contributed by atoms with Gasteiger partial charge in [-0.15, -0.1) is 12.4 Å². The van der Waals surface area contributed by atoms with Crippen molar-refractivity contribution in [3.63, 3.8) is 0 Å². The van der Waals surface area contributed by atoms with Gasteiger partial charge in [0.2, 0.25) is 0 Å². The average molecular weight is 564 g/mol. The summed E-state index contributed by atoms with van der Waals surface area (Å²) < 4.78 is 12.4. The third-order valence-electron chi connectivity index (χ3n) is 8.39. The van der Waals surface area contributed by atoms with Crippen LogP contribution in [0.5, 0.6) is 5.75 Å². The van der Waals surface area contributed by atoms with Crippen LogP contribution >= 0.6 is 12.4 Å². The van der Waals surface area contributed by atoms with Crippen LogP contribution in [0.1, 0.15) is 59.9 Å². The summed E-state index contributed by atoms with van der Waals surface area (Å²) >= 11 is 0. The lowest BCUT2D eigenvalue weighted by Crippen LogP contribution is -2.49. The Morgan fingerprint density at radius 1 is 0.925 bits per heavy atom. The number of hydrogen-bond donors (Lipinski definition) is 1. The Morgan fingerprint density at radius 2 is 1.55 bits per heavy atom. The van der Waals surface area contributed by atoms with Crippen LogP contribution in [0, 0.1) is 12.8 Å². The molecule has 40 heavy (non-hydrogen) atoms. The van der Waals surface area contributed by atoms with Gasteiger partial charge in [-0.1, -0.05) is 66.2 Å². The highest BCUT2D eigenvalue weighted by molar-refractivity contribution is 5.85.